The van der Waals surface area contributed by atoms with Crippen LogP contribution in [0, 0.1) is 13.8 Å². The van der Waals surface area contributed by atoms with Crippen LogP contribution in [0.3, 0.4) is 0 Å². The van der Waals surface area contributed by atoms with Crippen LogP contribution in [-0.2, 0) is 11.2 Å². The number of benzene rings is 2. The van der Waals surface area contributed by atoms with Crippen LogP contribution in [0.5, 0.6) is 11.5 Å². The molecule has 1 aliphatic rings. The van der Waals surface area contributed by atoms with Crippen molar-refractivity contribution in [2.45, 2.75) is 26.4 Å². The first-order valence-electron chi connectivity index (χ1n) is 7.29. The van der Waals surface area contributed by atoms with Gasteiger partial charge < -0.3 is 14.7 Å². The molecule has 2 aromatic rings. The van der Waals surface area contributed by atoms with Crippen molar-refractivity contribution in [3.63, 3.8) is 0 Å². The third kappa shape index (κ3) is 2.52. The maximum Gasteiger partial charge on any atom is 0.268 e. The predicted molar refractivity (Wildman–Crippen MR) is 85.6 cm³/mol. The highest BCUT2D eigenvalue weighted by molar-refractivity contribution is 5.99. The number of aromatic hydroxyl groups is 1. The maximum absolute atomic E-state index is 12.5. The zero-order valence-corrected chi connectivity index (χ0v) is 13.0. The van der Waals surface area contributed by atoms with Crippen molar-refractivity contribution >= 4 is 11.6 Å². The van der Waals surface area contributed by atoms with Gasteiger partial charge in [-0.3, -0.25) is 4.79 Å². The number of aryl methyl sites for hydroxylation is 2. The summed E-state index contributed by atoms with van der Waals surface area (Å²) in [5, 5.41) is 9.56. The highest BCUT2D eigenvalue weighted by atomic mass is 16.5. The second-order valence-corrected chi connectivity index (χ2v) is 5.79. The van der Waals surface area contributed by atoms with Crippen LogP contribution in [0.2, 0.25) is 0 Å². The zero-order valence-electron chi connectivity index (χ0n) is 13.0. The summed E-state index contributed by atoms with van der Waals surface area (Å²) in [5.41, 5.74) is 4.08. The van der Waals surface area contributed by atoms with Crippen LogP contribution >= 0.6 is 0 Å². The number of carbonyl (C=O) groups is 1. The minimum atomic E-state index is -0.538. The maximum atomic E-state index is 12.5. The Kier molecular flexibility index (Phi) is 3.53. The van der Waals surface area contributed by atoms with Crippen molar-refractivity contribution < 1.29 is 14.6 Å². The number of carbonyl (C=O) groups excluding carboxylic acids is 1. The summed E-state index contributed by atoms with van der Waals surface area (Å²) in [6.07, 6.45) is -0.00117. The fraction of sp³-hybridized carbons (Fsp3) is 0.278. The summed E-state index contributed by atoms with van der Waals surface area (Å²) >= 11 is 0. The molecule has 2 aromatic carbocycles. The van der Waals surface area contributed by atoms with E-state index in [2.05, 4.69) is 13.0 Å². The minimum absolute atomic E-state index is 0.0990. The smallest absolute Gasteiger partial charge is 0.268 e. The van der Waals surface area contributed by atoms with E-state index in [1.807, 2.05) is 19.1 Å². The lowest BCUT2D eigenvalue weighted by molar-refractivity contribution is -0.125. The van der Waals surface area contributed by atoms with Gasteiger partial charge in [-0.25, -0.2) is 0 Å². The van der Waals surface area contributed by atoms with E-state index in [4.69, 9.17) is 4.74 Å². The van der Waals surface area contributed by atoms with E-state index in [0.717, 1.165) is 11.1 Å². The Labute approximate surface area is 130 Å². The summed E-state index contributed by atoms with van der Waals surface area (Å²) in [6.45, 7) is 4.10. The van der Waals surface area contributed by atoms with Gasteiger partial charge in [0.25, 0.3) is 5.91 Å². The molecule has 0 fully saturated rings. The lowest BCUT2D eigenvalue weighted by Crippen LogP contribution is -2.45. The van der Waals surface area contributed by atoms with E-state index in [9.17, 15) is 9.90 Å². The number of anilines is 1. The summed E-state index contributed by atoms with van der Waals surface area (Å²) in [4.78, 5) is 14.0. The van der Waals surface area contributed by atoms with Crippen molar-refractivity contribution in [1.82, 2.24) is 0 Å². The summed E-state index contributed by atoms with van der Waals surface area (Å²) < 4.78 is 5.86. The van der Waals surface area contributed by atoms with Gasteiger partial charge in [0.2, 0.25) is 0 Å². The zero-order chi connectivity index (χ0) is 15.9. The van der Waals surface area contributed by atoms with Gasteiger partial charge in [0.15, 0.2) is 6.10 Å². The van der Waals surface area contributed by atoms with Crippen LogP contribution in [0.15, 0.2) is 36.4 Å². The lowest BCUT2D eigenvalue weighted by Gasteiger charge is -2.32. The fourth-order valence-electron chi connectivity index (χ4n) is 2.81. The van der Waals surface area contributed by atoms with Crippen LogP contribution in [0.25, 0.3) is 0 Å². The van der Waals surface area contributed by atoms with Gasteiger partial charge >= 0.3 is 0 Å². The number of hydrogen-bond acceptors (Lipinski definition) is 3. The van der Waals surface area contributed by atoms with Crippen molar-refractivity contribution in [2.75, 3.05) is 11.9 Å². The van der Waals surface area contributed by atoms with E-state index in [0.29, 0.717) is 17.9 Å². The van der Waals surface area contributed by atoms with E-state index in [1.165, 1.54) is 5.56 Å². The third-order valence-electron chi connectivity index (χ3n) is 4.08. The number of rotatable bonds is 2. The number of nitrogens with zero attached hydrogens (tertiary/aromatic N) is 1. The van der Waals surface area contributed by atoms with Crippen molar-refractivity contribution in [3.8, 4) is 11.5 Å². The van der Waals surface area contributed by atoms with Gasteiger partial charge in [0.1, 0.15) is 11.5 Å². The molecule has 0 radical (unpaired) electrons. The number of phenolic OH excluding ortho intramolecular Hbond substituents is 1. The first-order valence-corrected chi connectivity index (χ1v) is 7.29. The third-order valence-corrected chi connectivity index (χ3v) is 4.08. The fourth-order valence-corrected chi connectivity index (χ4v) is 2.81. The lowest BCUT2D eigenvalue weighted by atomic mass is 9.99. The number of hydrogen-bond donors (Lipinski definition) is 1. The molecule has 0 aliphatic carbocycles. The molecular weight excluding hydrogens is 278 g/mol. The average molecular weight is 297 g/mol. The Hall–Kier alpha value is -2.49. The average Bonchev–Trinajstić information content (AvgIpc) is 2.48. The molecule has 1 heterocycles. The largest absolute Gasteiger partial charge is 0.508 e. The molecule has 114 valence electrons. The molecule has 1 amide bonds. The van der Waals surface area contributed by atoms with Crippen LogP contribution in [0.1, 0.15) is 16.7 Å². The Bertz CT molecular complexity index is 739. The molecular formula is C18H19NO3. The number of phenols is 1. The second-order valence-electron chi connectivity index (χ2n) is 5.79. The molecule has 1 atom stereocenters. The van der Waals surface area contributed by atoms with Gasteiger partial charge in [0, 0.05) is 19.5 Å². The van der Waals surface area contributed by atoms with Gasteiger partial charge in [-0.1, -0.05) is 23.8 Å². The number of ether oxygens (including phenoxy) is 1. The van der Waals surface area contributed by atoms with Gasteiger partial charge in [-0.05, 0) is 37.1 Å². The minimum Gasteiger partial charge on any atom is -0.508 e. The standard InChI is InChI=1S/C18H19NO3/c1-11-4-5-13(12(2)8-11)9-17-18(21)19(3)15-10-14(20)6-7-16(15)22-17/h4-8,10,17,20H,9H2,1-3H3. The van der Waals surface area contributed by atoms with Crippen LogP contribution in [-0.4, -0.2) is 24.2 Å². The normalized spacial score (nSPS) is 17.1. The van der Waals surface area contributed by atoms with E-state index in [-0.39, 0.29) is 11.7 Å². The first kappa shape index (κ1) is 14.4. The molecule has 0 spiro atoms. The molecule has 0 bridgehead atoms. The highest BCUT2D eigenvalue weighted by Gasteiger charge is 2.32. The molecule has 1 unspecified atom stereocenters. The van der Waals surface area contributed by atoms with Gasteiger partial charge in [0.05, 0.1) is 5.69 Å². The number of likely N-dealkylation sites (N-methyl/N-ethyl adjacent to an activating group) is 1. The molecule has 1 aliphatic heterocycles. The Morgan fingerprint density at radius 3 is 2.68 bits per heavy atom. The molecule has 0 saturated carbocycles. The molecule has 4 nitrogen and oxygen atoms in total. The molecule has 3 rings (SSSR count). The van der Waals surface area contributed by atoms with Gasteiger partial charge in [-0.2, -0.15) is 0 Å². The number of fused-ring (bicyclic) bond motifs is 1. The molecule has 4 heteroatoms. The number of amides is 1. The molecule has 0 aromatic heterocycles. The topological polar surface area (TPSA) is 49.8 Å². The van der Waals surface area contributed by atoms with E-state index in [1.54, 1.807) is 30.1 Å². The quantitative estimate of drug-likeness (QED) is 0.927. The Morgan fingerprint density at radius 2 is 1.95 bits per heavy atom. The van der Waals surface area contributed by atoms with E-state index >= 15 is 0 Å². The molecule has 0 saturated heterocycles. The SMILES string of the molecule is Cc1ccc(CC2Oc3ccc(O)cc3N(C)C2=O)c(C)c1. The van der Waals surface area contributed by atoms with Crippen molar-refractivity contribution in [1.29, 1.82) is 0 Å². The van der Waals surface area contributed by atoms with E-state index < -0.39 is 6.10 Å². The van der Waals surface area contributed by atoms with Gasteiger partial charge in [-0.15, -0.1) is 0 Å². The summed E-state index contributed by atoms with van der Waals surface area (Å²) in [7, 11) is 1.71. The van der Waals surface area contributed by atoms with Crippen molar-refractivity contribution in [3.05, 3.63) is 53.1 Å². The van der Waals surface area contributed by atoms with Crippen LogP contribution < -0.4 is 9.64 Å². The first-order chi connectivity index (χ1) is 10.5. The Morgan fingerprint density at radius 1 is 1.18 bits per heavy atom. The highest BCUT2D eigenvalue weighted by Crippen LogP contribution is 2.36. The predicted octanol–water partition coefficient (Wildman–Crippen LogP) is 2.98. The molecule has 22 heavy (non-hydrogen) atoms. The molecule has 1 N–H and O–H groups in total. The second kappa shape index (κ2) is 5.37. The van der Waals surface area contributed by atoms with Crippen LogP contribution in [0.4, 0.5) is 5.69 Å². The van der Waals surface area contributed by atoms with Crippen molar-refractivity contribution in [2.24, 2.45) is 0 Å². The summed E-state index contributed by atoms with van der Waals surface area (Å²) in [5.74, 6) is 0.641. The summed E-state index contributed by atoms with van der Waals surface area (Å²) in [6, 6.07) is 11.0. The monoisotopic (exact) mass is 297 g/mol. The Balaban J connectivity index is 1.89.